The summed E-state index contributed by atoms with van der Waals surface area (Å²) in [6.07, 6.45) is -3.50. The molecule has 14 heteroatoms. The van der Waals surface area contributed by atoms with Gasteiger partial charge in [0.05, 0.1) is 23.7 Å². The average Bonchev–Trinajstić information content (AvgIpc) is 2.79. The van der Waals surface area contributed by atoms with Gasteiger partial charge in [0.1, 0.15) is 0 Å². The summed E-state index contributed by atoms with van der Waals surface area (Å²) < 4.78 is 57.5. The molecule has 198 valence electrons. The van der Waals surface area contributed by atoms with Gasteiger partial charge in [-0.15, -0.1) is 0 Å². The smallest absolute Gasteiger partial charge is 0.475 e. The number of nitrogens with two attached hydrogens (primary N) is 1. The first-order chi connectivity index (χ1) is 16.7. The first-order valence-corrected chi connectivity index (χ1v) is 12.8. The highest BCUT2D eigenvalue weighted by molar-refractivity contribution is 7.92. The molecule has 1 heterocycles. The van der Waals surface area contributed by atoms with E-state index in [-0.39, 0.29) is 5.91 Å². The van der Waals surface area contributed by atoms with E-state index < -0.39 is 28.2 Å². The number of nitrogens with zero attached hydrogens (tertiary/aromatic N) is 2. The highest BCUT2D eigenvalue weighted by atomic mass is 35.5. The molecular formula is C22H26ClF3N4O5S. The van der Waals surface area contributed by atoms with E-state index in [1.54, 1.807) is 29.2 Å². The van der Waals surface area contributed by atoms with Crippen molar-refractivity contribution in [2.24, 2.45) is 5.73 Å². The van der Waals surface area contributed by atoms with Gasteiger partial charge in [0.15, 0.2) is 0 Å². The van der Waals surface area contributed by atoms with E-state index in [1.165, 1.54) is 0 Å². The second kappa shape index (κ2) is 12.3. The number of carboxylic acids is 1. The number of anilines is 2. The molecular weight excluding hydrogens is 525 g/mol. The first-order valence-electron chi connectivity index (χ1n) is 10.6. The number of carbonyl (C=O) groups excluding carboxylic acids is 1. The molecule has 2 aromatic rings. The fourth-order valence-corrected chi connectivity index (χ4v) is 4.10. The van der Waals surface area contributed by atoms with Crippen LogP contribution < -0.4 is 15.4 Å². The van der Waals surface area contributed by atoms with Crippen molar-refractivity contribution in [1.82, 2.24) is 4.90 Å². The van der Waals surface area contributed by atoms with Gasteiger partial charge >= 0.3 is 12.1 Å². The number of alkyl halides is 3. The van der Waals surface area contributed by atoms with Crippen LogP contribution in [0.3, 0.4) is 0 Å². The van der Waals surface area contributed by atoms with Gasteiger partial charge in [-0.25, -0.2) is 13.2 Å². The van der Waals surface area contributed by atoms with E-state index in [4.69, 9.17) is 27.2 Å². The van der Waals surface area contributed by atoms with Crippen LogP contribution in [0, 0.1) is 0 Å². The predicted octanol–water partition coefficient (Wildman–Crippen LogP) is 2.56. The van der Waals surface area contributed by atoms with Gasteiger partial charge in [-0.3, -0.25) is 9.52 Å². The van der Waals surface area contributed by atoms with E-state index in [2.05, 4.69) is 9.62 Å². The maximum Gasteiger partial charge on any atom is 0.490 e. The third-order valence-electron chi connectivity index (χ3n) is 5.06. The lowest BCUT2D eigenvalue weighted by Crippen LogP contribution is -2.53. The summed E-state index contributed by atoms with van der Waals surface area (Å²) in [5, 5.41) is 7.77. The second-order valence-electron chi connectivity index (χ2n) is 7.94. The van der Waals surface area contributed by atoms with E-state index in [0.29, 0.717) is 43.3 Å². The Balaban J connectivity index is 0.000000572. The molecule has 1 fully saturated rings. The maximum atomic E-state index is 12.7. The molecule has 0 spiro atoms. The topological polar surface area (TPSA) is 133 Å². The van der Waals surface area contributed by atoms with Crippen LogP contribution >= 0.6 is 11.6 Å². The van der Waals surface area contributed by atoms with Crippen molar-refractivity contribution in [3.05, 3.63) is 59.1 Å². The van der Waals surface area contributed by atoms with Gasteiger partial charge < -0.3 is 20.6 Å². The minimum atomic E-state index is -5.08. The zero-order chi connectivity index (χ0) is 27.1. The van der Waals surface area contributed by atoms with Crippen molar-refractivity contribution in [1.29, 1.82) is 0 Å². The Hall–Kier alpha value is -3.03. The molecule has 0 bridgehead atoms. The highest BCUT2D eigenvalue weighted by Crippen LogP contribution is 2.27. The molecule has 1 atom stereocenters. The van der Waals surface area contributed by atoms with Crippen LogP contribution in [-0.2, 0) is 26.0 Å². The predicted molar refractivity (Wildman–Crippen MR) is 131 cm³/mol. The summed E-state index contributed by atoms with van der Waals surface area (Å²) in [6.45, 7) is 2.25. The molecule has 0 unspecified atom stereocenters. The molecule has 1 aliphatic heterocycles. The maximum absolute atomic E-state index is 12.7. The molecule has 0 saturated carbocycles. The Labute approximate surface area is 211 Å². The molecule has 1 amide bonds. The number of amides is 1. The van der Waals surface area contributed by atoms with Crippen molar-refractivity contribution in [2.75, 3.05) is 42.1 Å². The molecule has 1 saturated heterocycles. The fourth-order valence-electron chi connectivity index (χ4n) is 3.40. The number of carboxylic acid groups (broad SMARTS) is 1. The molecule has 0 aromatic heterocycles. The summed E-state index contributed by atoms with van der Waals surface area (Å²) in [4.78, 5) is 25.5. The largest absolute Gasteiger partial charge is 0.490 e. The van der Waals surface area contributed by atoms with Crippen molar-refractivity contribution in [3.63, 3.8) is 0 Å². The van der Waals surface area contributed by atoms with Gasteiger partial charge in [0.2, 0.25) is 15.9 Å². The van der Waals surface area contributed by atoms with Crippen molar-refractivity contribution in [3.8, 4) is 0 Å². The molecule has 4 N–H and O–H groups in total. The van der Waals surface area contributed by atoms with Gasteiger partial charge in [-0.05, 0) is 36.2 Å². The summed E-state index contributed by atoms with van der Waals surface area (Å²) in [5.41, 5.74) is 8.45. The molecule has 3 rings (SSSR count). The first kappa shape index (κ1) is 29.2. The molecule has 2 aromatic carbocycles. The summed E-state index contributed by atoms with van der Waals surface area (Å²) in [6, 6.07) is 14.0. The van der Waals surface area contributed by atoms with Crippen molar-refractivity contribution in [2.45, 2.75) is 18.6 Å². The van der Waals surface area contributed by atoms with Crippen LogP contribution in [0.1, 0.15) is 5.56 Å². The van der Waals surface area contributed by atoms with Gasteiger partial charge in [0, 0.05) is 31.2 Å². The Morgan fingerprint density at radius 3 is 2.11 bits per heavy atom. The van der Waals surface area contributed by atoms with E-state index in [9.17, 15) is 26.4 Å². The Kier molecular flexibility index (Phi) is 9.96. The lowest BCUT2D eigenvalue weighted by Gasteiger charge is -2.37. The lowest BCUT2D eigenvalue weighted by atomic mass is 10.1. The Morgan fingerprint density at radius 2 is 1.61 bits per heavy atom. The zero-order valence-corrected chi connectivity index (χ0v) is 20.8. The minimum Gasteiger partial charge on any atom is -0.475 e. The third-order valence-corrected chi connectivity index (χ3v) is 5.90. The summed E-state index contributed by atoms with van der Waals surface area (Å²) >= 11 is 5.89. The number of sulfonamides is 1. The second-order valence-corrected chi connectivity index (χ2v) is 10.1. The summed E-state index contributed by atoms with van der Waals surface area (Å²) in [7, 11) is -3.37. The summed E-state index contributed by atoms with van der Waals surface area (Å²) in [5.74, 6) is -2.84. The number of carbonyl (C=O) groups is 2. The van der Waals surface area contributed by atoms with Crippen LogP contribution in [-0.4, -0.2) is 75.0 Å². The van der Waals surface area contributed by atoms with E-state index in [1.807, 2.05) is 24.3 Å². The number of rotatable bonds is 6. The molecule has 36 heavy (non-hydrogen) atoms. The molecule has 9 nitrogen and oxygen atoms in total. The van der Waals surface area contributed by atoms with Crippen LogP contribution in [0.15, 0.2) is 48.5 Å². The van der Waals surface area contributed by atoms with E-state index in [0.717, 1.165) is 17.5 Å². The normalized spacial score (nSPS) is 14.9. The SMILES string of the molecule is CS(=O)(=O)Nc1ccccc1N1CCN(C(=O)[C@H](N)Cc2ccc(Cl)cc2)CC1.O=C(O)C(F)(F)F. The monoisotopic (exact) mass is 550 g/mol. The lowest BCUT2D eigenvalue weighted by molar-refractivity contribution is -0.192. The van der Waals surface area contributed by atoms with E-state index >= 15 is 0 Å². The highest BCUT2D eigenvalue weighted by Gasteiger charge is 2.38. The standard InChI is InChI=1S/C20H25ClN4O3S.C2HF3O2/c1-29(27,28)23-18-4-2-3-5-19(18)24-10-12-25(13-11-24)20(26)17(22)14-15-6-8-16(21)9-7-15;3-2(4,5)1(6)7/h2-9,17,23H,10-14,22H2,1H3;(H,6,7)/t17-;/m1./s1. The quantitative estimate of drug-likeness (QED) is 0.503. The van der Waals surface area contributed by atoms with Crippen molar-refractivity contribution >= 4 is 44.9 Å². The number of piperazine rings is 1. The number of hydrogen-bond acceptors (Lipinski definition) is 6. The Morgan fingerprint density at radius 1 is 1.08 bits per heavy atom. The third kappa shape index (κ3) is 9.21. The Bertz CT molecular complexity index is 1160. The fraction of sp³-hybridized carbons (Fsp3) is 0.364. The number of halogens is 4. The van der Waals surface area contributed by atoms with Gasteiger partial charge in [0.25, 0.3) is 0 Å². The number of hydrogen-bond donors (Lipinski definition) is 3. The molecule has 0 radical (unpaired) electrons. The minimum absolute atomic E-state index is 0.0813. The molecule has 1 aliphatic rings. The van der Waals surface area contributed by atoms with Gasteiger partial charge in [-0.1, -0.05) is 35.9 Å². The number of para-hydroxylation sites is 2. The van der Waals surface area contributed by atoms with Crippen LogP contribution in [0.4, 0.5) is 24.5 Å². The van der Waals surface area contributed by atoms with Crippen LogP contribution in [0.5, 0.6) is 0 Å². The number of benzene rings is 2. The zero-order valence-electron chi connectivity index (χ0n) is 19.2. The number of nitrogens with one attached hydrogen (secondary N) is 1. The molecule has 0 aliphatic carbocycles. The number of aliphatic carboxylic acids is 1. The average molecular weight is 551 g/mol. The van der Waals surface area contributed by atoms with Gasteiger partial charge in [-0.2, -0.15) is 13.2 Å². The van der Waals surface area contributed by atoms with Crippen LogP contribution in [0.25, 0.3) is 0 Å². The van der Waals surface area contributed by atoms with Crippen LogP contribution in [0.2, 0.25) is 5.02 Å². The van der Waals surface area contributed by atoms with Crippen molar-refractivity contribution < 1.29 is 36.3 Å².